The lowest BCUT2D eigenvalue weighted by Gasteiger charge is -2.23. The second-order valence-corrected chi connectivity index (χ2v) is 8.57. The minimum absolute atomic E-state index is 0.494. The Morgan fingerprint density at radius 3 is 2.83 bits per heavy atom. The van der Waals surface area contributed by atoms with E-state index in [1.165, 1.54) is 0 Å². The number of terminal acetylenes is 1. The number of anilines is 2. The standard InChI is InChI=1S/C27H28N6O2/c1-3-19-4-5-26-21(12-19)16-29-27(32-26)31-24-13-20(22-17-30-33(2)18-22)14-25(15-24)35-11-8-28-23-6-9-34-10-7-23/h1,4-5,12-18,23,28H,6-11H2,2H3,(H,29,31,32). The maximum Gasteiger partial charge on any atom is 0.227 e. The Morgan fingerprint density at radius 2 is 2.03 bits per heavy atom. The molecule has 1 saturated heterocycles. The number of hydrogen-bond donors (Lipinski definition) is 2. The van der Waals surface area contributed by atoms with E-state index in [0.717, 1.165) is 71.6 Å². The first-order valence-electron chi connectivity index (χ1n) is 11.7. The maximum atomic E-state index is 6.12. The summed E-state index contributed by atoms with van der Waals surface area (Å²) in [5.74, 6) is 3.91. The summed E-state index contributed by atoms with van der Waals surface area (Å²) in [4.78, 5) is 9.11. The Kier molecular flexibility index (Phi) is 6.89. The van der Waals surface area contributed by atoms with Crippen LogP contribution >= 0.6 is 0 Å². The number of benzene rings is 2. The zero-order valence-corrected chi connectivity index (χ0v) is 19.7. The fraction of sp³-hybridized carbons (Fsp3) is 0.296. The van der Waals surface area contributed by atoms with Gasteiger partial charge in [-0.3, -0.25) is 4.68 Å². The van der Waals surface area contributed by atoms with Gasteiger partial charge in [0.25, 0.3) is 0 Å². The van der Waals surface area contributed by atoms with Crippen molar-refractivity contribution in [3.8, 4) is 29.2 Å². The number of hydrogen-bond acceptors (Lipinski definition) is 7. The molecule has 2 N–H and O–H groups in total. The van der Waals surface area contributed by atoms with Gasteiger partial charge in [-0.1, -0.05) is 5.92 Å². The summed E-state index contributed by atoms with van der Waals surface area (Å²) in [6.07, 6.45) is 13.2. The van der Waals surface area contributed by atoms with Crippen LogP contribution in [-0.2, 0) is 11.8 Å². The minimum Gasteiger partial charge on any atom is -0.492 e. The molecule has 0 spiro atoms. The topological polar surface area (TPSA) is 86.1 Å². The highest BCUT2D eigenvalue weighted by Gasteiger charge is 2.13. The van der Waals surface area contributed by atoms with Crippen molar-refractivity contribution < 1.29 is 9.47 Å². The highest BCUT2D eigenvalue weighted by Crippen LogP contribution is 2.30. The third-order valence-electron chi connectivity index (χ3n) is 5.97. The Bertz CT molecular complexity index is 1350. The van der Waals surface area contributed by atoms with Crippen molar-refractivity contribution >= 4 is 22.5 Å². The van der Waals surface area contributed by atoms with Gasteiger partial charge in [-0.15, -0.1) is 6.42 Å². The van der Waals surface area contributed by atoms with E-state index in [2.05, 4.69) is 31.6 Å². The van der Waals surface area contributed by atoms with E-state index in [0.29, 0.717) is 18.6 Å². The fourth-order valence-corrected chi connectivity index (χ4v) is 4.14. The zero-order valence-electron chi connectivity index (χ0n) is 19.7. The second kappa shape index (κ2) is 10.6. The van der Waals surface area contributed by atoms with Crippen molar-refractivity contribution in [1.82, 2.24) is 25.1 Å². The lowest BCUT2D eigenvalue weighted by molar-refractivity contribution is 0.0770. The van der Waals surface area contributed by atoms with E-state index in [4.69, 9.17) is 15.9 Å². The number of nitrogens with zero attached hydrogens (tertiary/aromatic N) is 4. The van der Waals surface area contributed by atoms with Gasteiger partial charge in [0.2, 0.25) is 5.95 Å². The summed E-state index contributed by atoms with van der Waals surface area (Å²) in [6.45, 7) is 2.99. The summed E-state index contributed by atoms with van der Waals surface area (Å²) in [6, 6.07) is 12.2. The molecule has 2 aromatic carbocycles. The van der Waals surface area contributed by atoms with Gasteiger partial charge in [-0.25, -0.2) is 9.97 Å². The van der Waals surface area contributed by atoms with Gasteiger partial charge in [0.1, 0.15) is 12.4 Å². The molecular formula is C27H28N6O2. The van der Waals surface area contributed by atoms with Crippen molar-refractivity contribution in [3.05, 3.63) is 60.6 Å². The van der Waals surface area contributed by atoms with Crippen LogP contribution in [0.2, 0.25) is 0 Å². The molecule has 4 aromatic rings. The van der Waals surface area contributed by atoms with Gasteiger partial charge in [-0.2, -0.15) is 5.10 Å². The van der Waals surface area contributed by atoms with Crippen LogP contribution in [0.1, 0.15) is 18.4 Å². The van der Waals surface area contributed by atoms with Crippen LogP contribution in [0, 0.1) is 12.3 Å². The molecule has 5 rings (SSSR count). The third-order valence-corrected chi connectivity index (χ3v) is 5.97. The van der Waals surface area contributed by atoms with Gasteiger partial charge in [0.15, 0.2) is 0 Å². The largest absolute Gasteiger partial charge is 0.492 e. The number of rotatable bonds is 8. The summed E-state index contributed by atoms with van der Waals surface area (Å²) in [5.41, 5.74) is 4.45. The molecule has 8 nitrogen and oxygen atoms in total. The van der Waals surface area contributed by atoms with Gasteiger partial charge < -0.3 is 20.1 Å². The molecule has 0 unspecified atom stereocenters. The Morgan fingerprint density at radius 1 is 1.14 bits per heavy atom. The quantitative estimate of drug-likeness (QED) is 0.300. The predicted octanol–water partition coefficient (Wildman–Crippen LogP) is 3.90. The third kappa shape index (κ3) is 5.77. The Hall–Kier alpha value is -3.93. The summed E-state index contributed by atoms with van der Waals surface area (Å²) >= 11 is 0. The minimum atomic E-state index is 0.494. The molecule has 8 heteroatoms. The molecular weight excluding hydrogens is 440 g/mol. The number of aromatic nitrogens is 4. The molecule has 0 saturated carbocycles. The van der Waals surface area contributed by atoms with Crippen molar-refractivity contribution in [2.24, 2.45) is 7.05 Å². The Labute approximate surface area is 204 Å². The van der Waals surface area contributed by atoms with Crippen LogP contribution in [0.5, 0.6) is 5.75 Å². The first-order chi connectivity index (χ1) is 17.2. The first-order valence-corrected chi connectivity index (χ1v) is 11.7. The highest BCUT2D eigenvalue weighted by atomic mass is 16.5. The van der Waals surface area contributed by atoms with E-state index in [-0.39, 0.29) is 0 Å². The average Bonchev–Trinajstić information content (AvgIpc) is 3.33. The smallest absolute Gasteiger partial charge is 0.227 e. The van der Waals surface area contributed by atoms with Crippen LogP contribution in [0.25, 0.3) is 22.0 Å². The molecule has 1 fully saturated rings. The van der Waals surface area contributed by atoms with Crippen molar-refractivity contribution in [1.29, 1.82) is 0 Å². The molecule has 178 valence electrons. The first kappa shape index (κ1) is 22.8. The van der Waals surface area contributed by atoms with Crippen molar-refractivity contribution in [2.75, 3.05) is 31.7 Å². The molecule has 2 aromatic heterocycles. The monoisotopic (exact) mass is 468 g/mol. The maximum absolute atomic E-state index is 6.12. The van der Waals surface area contributed by atoms with Gasteiger partial charge in [0.05, 0.1) is 11.7 Å². The van der Waals surface area contributed by atoms with Gasteiger partial charge in [-0.05, 0) is 48.7 Å². The average molecular weight is 469 g/mol. The van der Waals surface area contributed by atoms with Crippen LogP contribution in [0.15, 0.2) is 55.0 Å². The van der Waals surface area contributed by atoms with E-state index in [9.17, 15) is 0 Å². The molecule has 0 amide bonds. The lowest BCUT2D eigenvalue weighted by Crippen LogP contribution is -2.37. The summed E-state index contributed by atoms with van der Waals surface area (Å²) < 4.78 is 13.3. The Balaban J connectivity index is 1.34. The summed E-state index contributed by atoms with van der Waals surface area (Å²) in [5, 5.41) is 12.1. The van der Waals surface area contributed by atoms with E-state index in [1.807, 2.05) is 55.8 Å². The van der Waals surface area contributed by atoms with Gasteiger partial charge in [0, 0.05) is 73.5 Å². The second-order valence-electron chi connectivity index (χ2n) is 8.57. The van der Waals surface area contributed by atoms with Crippen LogP contribution in [0.4, 0.5) is 11.6 Å². The number of fused-ring (bicyclic) bond motifs is 1. The number of nitrogens with one attached hydrogen (secondary N) is 2. The highest BCUT2D eigenvalue weighted by molar-refractivity contribution is 5.81. The summed E-state index contributed by atoms with van der Waals surface area (Å²) in [7, 11) is 1.90. The van der Waals surface area contributed by atoms with Crippen LogP contribution < -0.4 is 15.4 Å². The van der Waals surface area contributed by atoms with Crippen LogP contribution in [-0.4, -0.2) is 52.2 Å². The SMILES string of the molecule is C#Cc1ccc2nc(Nc3cc(OCCNC4CCOCC4)cc(-c4cnn(C)c4)c3)ncc2c1. The van der Waals surface area contributed by atoms with Gasteiger partial charge >= 0.3 is 0 Å². The predicted molar refractivity (Wildman–Crippen MR) is 137 cm³/mol. The van der Waals surface area contributed by atoms with Crippen molar-refractivity contribution in [2.45, 2.75) is 18.9 Å². The van der Waals surface area contributed by atoms with Crippen molar-refractivity contribution in [3.63, 3.8) is 0 Å². The lowest BCUT2D eigenvalue weighted by atomic mass is 10.1. The molecule has 1 aliphatic heterocycles. The molecule has 3 heterocycles. The molecule has 0 radical (unpaired) electrons. The normalized spacial score (nSPS) is 14.1. The molecule has 0 bridgehead atoms. The molecule has 0 aliphatic carbocycles. The fourth-order valence-electron chi connectivity index (χ4n) is 4.14. The van der Waals surface area contributed by atoms with E-state index >= 15 is 0 Å². The number of aryl methyl sites for hydroxylation is 1. The van der Waals surface area contributed by atoms with E-state index < -0.39 is 0 Å². The molecule has 1 aliphatic rings. The van der Waals surface area contributed by atoms with Crippen LogP contribution in [0.3, 0.4) is 0 Å². The molecule has 0 atom stereocenters. The molecule has 35 heavy (non-hydrogen) atoms. The van der Waals surface area contributed by atoms with E-state index in [1.54, 1.807) is 10.9 Å². The zero-order chi connectivity index (χ0) is 24.0. The number of ether oxygens (including phenoxy) is 2.